The molecule has 0 radical (unpaired) electrons. The molecule has 0 aliphatic heterocycles. The quantitative estimate of drug-likeness (QED) is 0.369. The third kappa shape index (κ3) is 6.07. The van der Waals surface area contributed by atoms with Gasteiger partial charge in [-0.1, -0.05) is 13.8 Å². The molecule has 6 nitrogen and oxygen atoms in total. The molecule has 0 bridgehead atoms. The fraction of sp³-hybridized carbons (Fsp3) is 0.591. The van der Waals surface area contributed by atoms with Crippen molar-refractivity contribution in [3.63, 3.8) is 0 Å². The molecule has 0 aromatic carbocycles. The van der Waals surface area contributed by atoms with Crippen LogP contribution in [0, 0.1) is 10.6 Å². The molecular formula is C22H27F5N4O2. The number of aliphatic hydroxyl groups excluding tert-OH is 1. The Kier molecular flexibility index (Phi) is 6.84. The lowest BCUT2D eigenvalue weighted by Gasteiger charge is -2.40. The van der Waals surface area contributed by atoms with Crippen LogP contribution in [0.3, 0.4) is 0 Å². The fourth-order valence-corrected chi connectivity index (χ4v) is 4.19. The van der Waals surface area contributed by atoms with Crippen molar-refractivity contribution in [2.45, 2.75) is 77.1 Å². The molecule has 2 aromatic rings. The number of halogens is 5. The van der Waals surface area contributed by atoms with Gasteiger partial charge in [0, 0.05) is 42.8 Å². The van der Waals surface area contributed by atoms with E-state index in [0.29, 0.717) is 37.1 Å². The summed E-state index contributed by atoms with van der Waals surface area (Å²) in [6.45, 7) is 4.41. The Bertz CT molecular complexity index is 992. The lowest BCUT2D eigenvalue weighted by molar-refractivity contribution is -0.606. The summed E-state index contributed by atoms with van der Waals surface area (Å²) in [4.78, 5) is 7.84. The predicted molar refractivity (Wildman–Crippen MR) is 110 cm³/mol. The molecular weight excluding hydrogens is 447 g/mol. The molecule has 11 heteroatoms. The van der Waals surface area contributed by atoms with Crippen LogP contribution in [0.25, 0.3) is 0 Å². The van der Waals surface area contributed by atoms with E-state index in [1.165, 1.54) is 0 Å². The zero-order chi connectivity index (χ0) is 24.6. The number of pyridine rings is 1. The fourth-order valence-electron chi connectivity index (χ4n) is 4.19. The maximum Gasteiger partial charge on any atom is 0.421 e. The molecule has 2 atom stereocenters. The third-order valence-corrected chi connectivity index (χ3v) is 6.06. The van der Waals surface area contributed by atoms with Gasteiger partial charge >= 0.3 is 6.18 Å². The van der Waals surface area contributed by atoms with Gasteiger partial charge in [-0.05, 0) is 31.1 Å². The maximum absolute atomic E-state index is 13.9. The number of hydrogen-bond acceptors (Lipinski definition) is 5. The lowest BCUT2D eigenvalue weighted by atomic mass is 9.73. The largest absolute Gasteiger partial charge is 0.619 e. The van der Waals surface area contributed by atoms with Crippen LogP contribution in [0.4, 0.5) is 27.8 Å². The monoisotopic (exact) mass is 474 g/mol. The topological polar surface area (TPSA) is 85.0 Å². The Morgan fingerprint density at radius 3 is 2.48 bits per heavy atom. The standard InChI is InChI=1S/C22H27F5N4O2/c1-20(2)10-14(5-6-17(20)32)29-19-16(22(25,26)27)11-28-18(30-19)7-4-13-12-31(33)9-8-15(13)21(3,23)24/h8-9,11-12,14,17,32H,4-7,10H2,1-3H3,(H,28,29,30)/t14-,17+/m1/s1. The zero-order valence-corrected chi connectivity index (χ0v) is 18.6. The van der Waals surface area contributed by atoms with Gasteiger partial charge in [0.15, 0.2) is 12.4 Å². The van der Waals surface area contributed by atoms with E-state index in [1.54, 1.807) is 0 Å². The van der Waals surface area contributed by atoms with E-state index in [4.69, 9.17) is 0 Å². The molecule has 0 unspecified atom stereocenters. The normalized spacial score (nSPS) is 21.1. The number of nitrogens with one attached hydrogen (secondary N) is 1. The summed E-state index contributed by atoms with van der Waals surface area (Å²) in [5.74, 6) is -3.53. The van der Waals surface area contributed by atoms with Crippen LogP contribution in [0.5, 0.6) is 0 Å². The van der Waals surface area contributed by atoms with E-state index in [9.17, 15) is 32.3 Å². The Hall–Kier alpha value is -2.56. The van der Waals surface area contributed by atoms with E-state index in [-0.39, 0.29) is 41.7 Å². The van der Waals surface area contributed by atoms with Crippen LogP contribution in [-0.2, 0) is 24.9 Å². The number of aryl methyl sites for hydroxylation is 2. The number of aliphatic hydroxyl groups is 1. The first-order valence-electron chi connectivity index (χ1n) is 10.6. The van der Waals surface area contributed by atoms with Gasteiger partial charge in [0.1, 0.15) is 17.2 Å². The third-order valence-electron chi connectivity index (χ3n) is 6.06. The number of hydrogen-bond donors (Lipinski definition) is 2. The second kappa shape index (κ2) is 9.00. The number of nitrogens with zero attached hydrogens (tertiary/aromatic N) is 3. The van der Waals surface area contributed by atoms with Crippen LogP contribution in [-0.4, -0.2) is 27.2 Å². The maximum atomic E-state index is 13.9. The van der Waals surface area contributed by atoms with Crippen molar-refractivity contribution in [3.05, 3.63) is 52.4 Å². The van der Waals surface area contributed by atoms with Crippen molar-refractivity contribution < 1.29 is 31.8 Å². The zero-order valence-electron chi connectivity index (χ0n) is 18.6. The summed E-state index contributed by atoms with van der Waals surface area (Å²) in [5.41, 5.74) is -1.75. The Balaban J connectivity index is 1.85. The van der Waals surface area contributed by atoms with Crippen molar-refractivity contribution in [2.75, 3.05) is 5.32 Å². The summed E-state index contributed by atoms with van der Waals surface area (Å²) in [6, 6.07) is 0.702. The summed E-state index contributed by atoms with van der Waals surface area (Å²) >= 11 is 0. The summed E-state index contributed by atoms with van der Waals surface area (Å²) in [6.07, 6.45) is -1.26. The van der Waals surface area contributed by atoms with Crippen LogP contribution < -0.4 is 10.0 Å². The molecule has 1 aliphatic carbocycles. The van der Waals surface area contributed by atoms with Crippen LogP contribution in [0.1, 0.15) is 62.5 Å². The average molecular weight is 474 g/mol. The van der Waals surface area contributed by atoms with Crippen molar-refractivity contribution >= 4 is 5.82 Å². The first-order valence-corrected chi connectivity index (χ1v) is 10.6. The summed E-state index contributed by atoms with van der Waals surface area (Å²) in [7, 11) is 0. The van der Waals surface area contributed by atoms with Crippen LogP contribution >= 0.6 is 0 Å². The van der Waals surface area contributed by atoms with Crippen molar-refractivity contribution in [1.82, 2.24) is 9.97 Å². The van der Waals surface area contributed by atoms with Gasteiger partial charge in [-0.3, -0.25) is 0 Å². The van der Waals surface area contributed by atoms with Gasteiger partial charge in [0.25, 0.3) is 5.92 Å². The molecule has 2 aromatic heterocycles. The first-order chi connectivity index (χ1) is 15.2. The molecule has 3 rings (SSSR count). The molecule has 1 aliphatic rings. The molecule has 0 spiro atoms. The van der Waals surface area contributed by atoms with Crippen molar-refractivity contribution in [3.8, 4) is 0 Å². The van der Waals surface area contributed by atoms with Crippen LogP contribution in [0.2, 0.25) is 0 Å². The minimum absolute atomic E-state index is 0.0330. The predicted octanol–water partition coefficient (Wildman–Crippen LogP) is 4.38. The van der Waals surface area contributed by atoms with Gasteiger partial charge in [-0.15, -0.1) is 0 Å². The highest BCUT2D eigenvalue weighted by Crippen LogP contribution is 2.39. The van der Waals surface area contributed by atoms with Crippen molar-refractivity contribution in [2.24, 2.45) is 5.41 Å². The van der Waals surface area contributed by atoms with Crippen molar-refractivity contribution in [1.29, 1.82) is 0 Å². The molecule has 1 fully saturated rings. The number of alkyl halides is 5. The second-order valence-corrected chi connectivity index (χ2v) is 9.31. The lowest BCUT2D eigenvalue weighted by Crippen LogP contribution is -2.41. The van der Waals surface area contributed by atoms with E-state index in [0.717, 1.165) is 18.5 Å². The number of aromatic nitrogens is 3. The van der Waals surface area contributed by atoms with Gasteiger partial charge < -0.3 is 15.6 Å². The molecule has 2 N–H and O–H groups in total. The molecule has 182 valence electrons. The van der Waals surface area contributed by atoms with E-state index < -0.39 is 29.2 Å². The average Bonchev–Trinajstić information content (AvgIpc) is 2.67. The smallest absolute Gasteiger partial charge is 0.421 e. The molecule has 2 heterocycles. The highest BCUT2D eigenvalue weighted by atomic mass is 19.4. The Labute approximate surface area is 188 Å². The molecule has 0 saturated heterocycles. The minimum atomic E-state index is -4.68. The van der Waals surface area contributed by atoms with Gasteiger partial charge in [-0.2, -0.15) is 17.9 Å². The summed E-state index contributed by atoms with van der Waals surface area (Å²) in [5, 5.41) is 24.5. The highest BCUT2D eigenvalue weighted by Gasteiger charge is 2.39. The Morgan fingerprint density at radius 1 is 1.18 bits per heavy atom. The molecule has 1 saturated carbocycles. The van der Waals surface area contributed by atoms with E-state index in [1.807, 2.05) is 13.8 Å². The second-order valence-electron chi connectivity index (χ2n) is 9.31. The molecule has 33 heavy (non-hydrogen) atoms. The van der Waals surface area contributed by atoms with E-state index in [2.05, 4.69) is 15.3 Å². The van der Waals surface area contributed by atoms with Gasteiger partial charge in [0.05, 0.1) is 6.10 Å². The molecule has 0 amide bonds. The first kappa shape index (κ1) is 25.1. The van der Waals surface area contributed by atoms with Gasteiger partial charge in [-0.25, -0.2) is 18.7 Å². The number of rotatable bonds is 6. The highest BCUT2D eigenvalue weighted by molar-refractivity contribution is 5.46. The summed E-state index contributed by atoms with van der Waals surface area (Å²) < 4.78 is 68.8. The minimum Gasteiger partial charge on any atom is -0.619 e. The number of anilines is 1. The van der Waals surface area contributed by atoms with Gasteiger partial charge in [0.2, 0.25) is 0 Å². The van der Waals surface area contributed by atoms with E-state index >= 15 is 0 Å². The van der Waals surface area contributed by atoms with Crippen LogP contribution in [0.15, 0.2) is 24.7 Å². The Morgan fingerprint density at radius 2 is 1.88 bits per heavy atom. The SMILES string of the molecule is CC(F)(F)c1cc[n+]([O-])cc1CCc1ncc(C(F)(F)F)c(N[C@@H]2CC[C@H](O)C(C)(C)C2)n1.